The number of fused-ring (bicyclic) bond motifs is 1. The van der Waals surface area contributed by atoms with E-state index in [1.807, 2.05) is 12.1 Å². The maximum Gasteiger partial charge on any atom is 0.416 e. The average Bonchev–Trinajstić information content (AvgIpc) is 3.06. The van der Waals surface area contributed by atoms with E-state index < -0.39 is 11.7 Å². The number of rotatable bonds is 3. The first-order valence-electron chi connectivity index (χ1n) is 8.63. The number of nitrogens with one attached hydrogen (secondary N) is 1. The second-order valence-corrected chi connectivity index (χ2v) is 7.61. The first kappa shape index (κ1) is 17.5. The molecule has 2 nitrogen and oxygen atoms in total. The Hall–Kier alpha value is -1.89. The van der Waals surface area contributed by atoms with Crippen LogP contribution in [0.1, 0.15) is 22.0 Å². The third-order valence-corrected chi connectivity index (χ3v) is 5.95. The van der Waals surface area contributed by atoms with Crippen LogP contribution in [0.2, 0.25) is 0 Å². The quantitative estimate of drug-likeness (QED) is 0.698. The van der Waals surface area contributed by atoms with Gasteiger partial charge in [-0.2, -0.15) is 13.2 Å². The Morgan fingerprint density at radius 3 is 2.31 bits per heavy atom. The van der Waals surface area contributed by atoms with E-state index in [9.17, 15) is 13.2 Å². The summed E-state index contributed by atoms with van der Waals surface area (Å²) < 4.78 is 40.0. The molecular weight excluding hydrogens is 357 g/mol. The third-order valence-electron chi connectivity index (χ3n) is 4.78. The van der Waals surface area contributed by atoms with Gasteiger partial charge in [-0.05, 0) is 35.2 Å². The van der Waals surface area contributed by atoms with Crippen LogP contribution in [-0.2, 0) is 6.18 Å². The number of halogens is 3. The molecule has 1 saturated heterocycles. The first-order valence-corrected chi connectivity index (χ1v) is 9.44. The second-order valence-electron chi connectivity index (χ2n) is 6.49. The topological polar surface area (TPSA) is 15.3 Å². The van der Waals surface area contributed by atoms with Crippen molar-refractivity contribution in [1.29, 1.82) is 0 Å². The molecule has 2 heterocycles. The fourth-order valence-electron chi connectivity index (χ4n) is 3.49. The number of piperazine rings is 1. The molecule has 6 heteroatoms. The van der Waals surface area contributed by atoms with Crippen LogP contribution in [0, 0.1) is 0 Å². The molecule has 4 rings (SSSR count). The molecule has 1 aliphatic rings. The van der Waals surface area contributed by atoms with Gasteiger partial charge in [-0.1, -0.05) is 30.3 Å². The van der Waals surface area contributed by atoms with E-state index in [0.717, 1.165) is 31.7 Å². The Bertz CT molecular complexity index is 847. The molecule has 1 aliphatic heterocycles. The summed E-state index contributed by atoms with van der Waals surface area (Å²) in [6, 6.07) is 16.0. The molecule has 1 unspecified atom stereocenters. The molecule has 1 aromatic heterocycles. The van der Waals surface area contributed by atoms with E-state index in [-0.39, 0.29) is 6.04 Å². The summed E-state index contributed by atoms with van der Waals surface area (Å²) in [5, 5.41) is 4.52. The van der Waals surface area contributed by atoms with Crippen LogP contribution >= 0.6 is 11.3 Å². The fraction of sp³-hybridized carbons (Fsp3) is 0.300. The van der Waals surface area contributed by atoms with E-state index in [1.165, 1.54) is 27.1 Å². The summed E-state index contributed by atoms with van der Waals surface area (Å²) in [6.07, 6.45) is -4.30. The van der Waals surface area contributed by atoms with E-state index in [2.05, 4.69) is 28.4 Å². The highest BCUT2D eigenvalue weighted by atomic mass is 32.1. The molecule has 1 N–H and O–H groups in total. The van der Waals surface area contributed by atoms with Crippen molar-refractivity contribution in [3.05, 3.63) is 70.6 Å². The van der Waals surface area contributed by atoms with Crippen LogP contribution in [0.5, 0.6) is 0 Å². The summed E-state index contributed by atoms with van der Waals surface area (Å²) >= 11 is 1.72. The number of benzene rings is 2. The molecule has 0 spiro atoms. The van der Waals surface area contributed by atoms with Crippen molar-refractivity contribution in [3.63, 3.8) is 0 Å². The minimum absolute atomic E-state index is 0.0169. The van der Waals surface area contributed by atoms with Crippen molar-refractivity contribution in [2.45, 2.75) is 12.2 Å². The first-order chi connectivity index (χ1) is 12.5. The van der Waals surface area contributed by atoms with E-state index in [0.29, 0.717) is 0 Å². The predicted molar refractivity (Wildman–Crippen MR) is 99.6 cm³/mol. The zero-order valence-corrected chi connectivity index (χ0v) is 14.9. The summed E-state index contributed by atoms with van der Waals surface area (Å²) in [5.74, 6) is 0. The Balaban J connectivity index is 1.75. The summed E-state index contributed by atoms with van der Waals surface area (Å²) in [4.78, 5) is 3.52. The van der Waals surface area contributed by atoms with Crippen LogP contribution in [0.15, 0.2) is 54.6 Å². The molecule has 2 aromatic carbocycles. The highest BCUT2D eigenvalue weighted by molar-refractivity contribution is 7.19. The molecule has 0 aliphatic carbocycles. The summed E-state index contributed by atoms with van der Waals surface area (Å²) in [5.41, 5.74) is 0.308. The Morgan fingerprint density at radius 1 is 0.962 bits per heavy atom. The molecule has 0 radical (unpaired) electrons. The van der Waals surface area contributed by atoms with Crippen LogP contribution in [0.3, 0.4) is 0 Å². The molecule has 0 amide bonds. The van der Waals surface area contributed by atoms with Gasteiger partial charge in [0, 0.05) is 35.8 Å². The second kappa shape index (κ2) is 7.02. The lowest BCUT2D eigenvalue weighted by Crippen LogP contribution is -2.45. The number of hydrogen-bond acceptors (Lipinski definition) is 3. The molecule has 26 heavy (non-hydrogen) atoms. The maximum absolute atomic E-state index is 12.9. The lowest BCUT2D eigenvalue weighted by Gasteiger charge is -2.34. The van der Waals surface area contributed by atoms with Crippen molar-refractivity contribution in [2.75, 3.05) is 26.2 Å². The molecule has 3 aromatic rings. The number of alkyl halides is 3. The molecule has 1 fully saturated rings. The zero-order chi connectivity index (χ0) is 18.1. The highest BCUT2D eigenvalue weighted by Crippen LogP contribution is 2.38. The van der Waals surface area contributed by atoms with E-state index >= 15 is 0 Å². The number of hydrogen-bond donors (Lipinski definition) is 1. The lowest BCUT2D eigenvalue weighted by atomic mass is 10.0. The van der Waals surface area contributed by atoms with Crippen molar-refractivity contribution in [2.24, 2.45) is 0 Å². The van der Waals surface area contributed by atoms with Crippen LogP contribution in [0.25, 0.3) is 10.1 Å². The smallest absolute Gasteiger partial charge is 0.314 e. The fourth-order valence-corrected chi connectivity index (χ4v) is 4.71. The zero-order valence-electron chi connectivity index (χ0n) is 14.1. The normalized spacial score (nSPS) is 17.5. The summed E-state index contributed by atoms with van der Waals surface area (Å²) in [6.45, 7) is 3.53. The van der Waals surface area contributed by atoms with E-state index in [1.54, 1.807) is 23.5 Å². The number of thiophene rings is 1. The predicted octanol–water partition coefficient (Wildman–Crippen LogP) is 4.91. The third kappa shape index (κ3) is 3.49. The maximum atomic E-state index is 12.9. The Morgan fingerprint density at radius 2 is 1.65 bits per heavy atom. The molecular formula is C20H19F3N2S. The van der Waals surface area contributed by atoms with Crippen LogP contribution in [0.4, 0.5) is 13.2 Å². The van der Waals surface area contributed by atoms with Crippen molar-refractivity contribution < 1.29 is 13.2 Å². The molecule has 0 saturated carbocycles. The van der Waals surface area contributed by atoms with Gasteiger partial charge in [0.1, 0.15) is 0 Å². The van der Waals surface area contributed by atoms with Crippen molar-refractivity contribution in [3.8, 4) is 0 Å². The van der Waals surface area contributed by atoms with Gasteiger partial charge >= 0.3 is 6.18 Å². The van der Waals surface area contributed by atoms with Gasteiger partial charge < -0.3 is 5.32 Å². The molecule has 0 bridgehead atoms. The SMILES string of the molecule is FC(F)(F)c1ccc(C(c2cc3ccccc3s2)N2CCNCC2)cc1. The average molecular weight is 376 g/mol. The van der Waals surface area contributed by atoms with Crippen LogP contribution in [-0.4, -0.2) is 31.1 Å². The lowest BCUT2D eigenvalue weighted by molar-refractivity contribution is -0.137. The van der Waals surface area contributed by atoms with Gasteiger partial charge in [0.25, 0.3) is 0 Å². The molecule has 1 atom stereocenters. The van der Waals surface area contributed by atoms with Gasteiger partial charge in [0.15, 0.2) is 0 Å². The Labute approximate surface area is 154 Å². The minimum Gasteiger partial charge on any atom is -0.314 e. The molecule has 136 valence electrons. The van der Waals surface area contributed by atoms with Gasteiger partial charge in [0.05, 0.1) is 11.6 Å². The monoisotopic (exact) mass is 376 g/mol. The van der Waals surface area contributed by atoms with Gasteiger partial charge in [-0.15, -0.1) is 11.3 Å². The van der Waals surface area contributed by atoms with Crippen LogP contribution < -0.4 is 5.32 Å². The minimum atomic E-state index is -4.30. The highest BCUT2D eigenvalue weighted by Gasteiger charge is 2.31. The van der Waals surface area contributed by atoms with Gasteiger partial charge in [0.2, 0.25) is 0 Å². The summed E-state index contributed by atoms with van der Waals surface area (Å²) in [7, 11) is 0. The largest absolute Gasteiger partial charge is 0.416 e. The Kier molecular flexibility index (Phi) is 4.73. The van der Waals surface area contributed by atoms with Crippen molar-refractivity contribution >= 4 is 21.4 Å². The van der Waals surface area contributed by atoms with E-state index in [4.69, 9.17) is 0 Å². The standard InChI is InChI=1S/C20H19F3N2S/c21-20(22,23)16-7-5-14(6-8-16)19(25-11-9-24-10-12-25)18-13-15-3-1-2-4-17(15)26-18/h1-8,13,19,24H,9-12H2. The van der Waals surface area contributed by atoms with Gasteiger partial charge in [-0.25, -0.2) is 0 Å². The van der Waals surface area contributed by atoms with Gasteiger partial charge in [-0.3, -0.25) is 4.90 Å². The van der Waals surface area contributed by atoms with Crippen molar-refractivity contribution in [1.82, 2.24) is 10.2 Å². The number of nitrogens with zero attached hydrogens (tertiary/aromatic N) is 1.